The van der Waals surface area contributed by atoms with E-state index in [0.29, 0.717) is 18.7 Å². The van der Waals surface area contributed by atoms with Gasteiger partial charge in [0.1, 0.15) is 11.7 Å². The van der Waals surface area contributed by atoms with Crippen molar-refractivity contribution < 1.29 is 9.72 Å². The maximum atomic E-state index is 13.0. The SMILES string of the molecule is CC[C@H](Nc1c([N+](=O)[O-])c(C)nn1C)C(=O)N1CCc2ccccc21. The largest absolute Gasteiger partial charge is 0.353 e. The highest BCUT2D eigenvalue weighted by molar-refractivity contribution is 6.00. The molecule has 1 aromatic heterocycles. The van der Waals surface area contributed by atoms with Gasteiger partial charge in [-0.1, -0.05) is 25.1 Å². The first-order valence-electron chi connectivity index (χ1n) is 8.27. The van der Waals surface area contributed by atoms with E-state index in [2.05, 4.69) is 10.4 Å². The first-order chi connectivity index (χ1) is 11.9. The zero-order valence-electron chi connectivity index (χ0n) is 14.5. The second kappa shape index (κ2) is 6.54. The van der Waals surface area contributed by atoms with Crippen molar-refractivity contribution in [1.29, 1.82) is 0 Å². The normalized spacial score (nSPS) is 14.3. The number of benzene rings is 1. The quantitative estimate of drug-likeness (QED) is 0.665. The van der Waals surface area contributed by atoms with Gasteiger partial charge in [-0.15, -0.1) is 0 Å². The summed E-state index contributed by atoms with van der Waals surface area (Å²) in [7, 11) is 1.63. The summed E-state index contributed by atoms with van der Waals surface area (Å²) >= 11 is 0. The molecule has 2 heterocycles. The first kappa shape index (κ1) is 16.9. The number of aromatic nitrogens is 2. The van der Waals surface area contributed by atoms with Crippen LogP contribution in [-0.2, 0) is 18.3 Å². The molecule has 3 rings (SSSR count). The van der Waals surface area contributed by atoms with Gasteiger partial charge in [-0.3, -0.25) is 14.9 Å². The maximum Gasteiger partial charge on any atom is 0.333 e. The highest BCUT2D eigenvalue weighted by Gasteiger charge is 2.32. The van der Waals surface area contributed by atoms with E-state index in [1.165, 1.54) is 4.68 Å². The molecule has 0 radical (unpaired) electrons. The number of fused-ring (bicyclic) bond motifs is 1. The predicted octanol–water partition coefficient (Wildman–Crippen LogP) is 2.42. The van der Waals surface area contributed by atoms with E-state index >= 15 is 0 Å². The molecule has 2 aromatic rings. The van der Waals surface area contributed by atoms with Crippen LogP contribution < -0.4 is 10.2 Å². The minimum Gasteiger partial charge on any atom is -0.353 e. The van der Waals surface area contributed by atoms with Crippen LogP contribution in [0.4, 0.5) is 17.2 Å². The number of amides is 1. The molecule has 0 saturated heterocycles. The van der Waals surface area contributed by atoms with Crippen molar-refractivity contribution in [3.63, 3.8) is 0 Å². The second-order valence-corrected chi connectivity index (χ2v) is 6.14. The maximum absolute atomic E-state index is 13.0. The molecule has 132 valence electrons. The van der Waals surface area contributed by atoms with Crippen LogP contribution >= 0.6 is 0 Å². The first-order valence-corrected chi connectivity index (χ1v) is 8.27. The molecule has 8 heteroatoms. The molecule has 1 aromatic carbocycles. The van der Waals surface area contributed by atoms with Gasteiger partial charge in [-0.05, 0) is 31.4 Å². The highest BCUT2D eigenvalue weighted by Crippen LogP contribution is 2.31. The van der Waals surface area contributed by atoms with E-state index < -0.39 is 11.0 Å². The number of nitro groups is 1. The molecular formula is C17H21N5O3. The van der Waals surface area contributed by atoms with Gasteiger partial charge in [0, 0.05) is 19.3 Å². The average molecular weight is 343 g/mol. The van der Waals surface area contributed by atoms with Crippen LogP contribution in [0.15, 0.2) is 24.3 Å². The van der Waals surface area contributed by atoms with E-state index in [1.807, 2.05) is 31.2 Å². The van der Waals surface area contributed by atoms with Crippen LogP contribution in [0.1, 0.15) is 24.6 Å². The van der Waals surface area contributed by atoms with Gasteiger partial charge in [-0.2, -0.15) is 5.10 Å². The molecule has 1 N–H and O–H groups in total. The Morgan fingerprint density at radius 1 is 1.44 bits per heavy atom. The fourth-order valence-electron chi connectivity index (χ4n) is 3.29. The third-order valence-corrected chi connectivity index (χ3v) is 4.54. The van der Waals surface area contributed by atoms with Gasteiger partial charge in [0.05, 0.1) is 4.92 Å². The smallest absolute Gasteiger partial charge is 0.333 e. The highest BCUT2D eigenvalue weighted by atomic mass is 16.6. The van der Waals surface area contributed by atoms with Crippen molar-refractivity contribution in [2.24, 2.45) is 7.05 Å². The molecule has 0 bridgehead atoms. The molecule has 1 amide bonds. The van der Waals surface area contributed by atoms with Gasteiger partial charge in [-0.25, -0.2) is 4.68 Å². The topological polar surface area (TPSA) is 93.3 Å². The number of carbonyl (C=O) groups is 1. The van der Waals surface area contributed by atoms with Crippen LogP contribution in [0.2, 0.25) is 0 Å². The van der Waals surface area contributed by atoms with Crippen molar-refractivity contribution in [3.05, 3.63) is 45.6 Å². The summed E-state index contributed by atoms with van der Waals surface area (Å²) in [4.78, 5) is 25.6. The average Bonchev–Trinajstić information content (AvgIpc) is 3.12. The summed E-state index contributed by atoms with van der Waals surface area (Å²) in [5, 5.41) is 18.5. The zero-order valence-corrected chi connectivity index (χ0v) is 14.5. The third kappa shape index (κ3) is 2.95. The zero-order chi connectivity index (χ0) is 18.1. The molecule has 0 aliphatic carbocycles. The summed E-state index contributed by atoms with van der Waals surface area (Å²) in [6.45, 7) is 4.10. The lowest BCUT2D eigenvalue weighted by molar-refractivity contribution is -0.384. The van der Waals surface area contributed by atoms with Gasteiger partial charge >= 0.3 is 5.69 Å². The number of nitrogens with zero attached hydrogens (tertiary/aromatic N) is 4. The van der Waals surface area contributed by atoms with E-state index in [1.54, 1.807) is 18.9 Å². The predicted molar refractivity (Wildman–Crippen MR) is 94.8 cm³/mol. The summed E-state index contributed by atoms with van der Waals surface area (Å²) in [6.07, 6.45) is 1.34. The van der Waals surface area contributed by atoms with Crippen molar-refractivity contribution in [3.8, 4) is 0 Å². The molecule has 1 aliphatic rings. The molecule has 0 unspecified atom stereocenters. The van der Waals surface area contributed by atoms with Crippen LogP contribution in [0, 0.1) is 17.0 Å². The van der Waals surface area contributed by atoms with Gasteiger partial charge in [0.15, 0.2) is 0 Å². The molecule has 1 atom stereocenters. The van der Waals surface area contributed by atoms with Gasteiger partial charge < -0.3 is 10.2 Å². The van der Waals surface area contributed by atoms with Crippen molar-refractivity contribution in [2.45, 2.75) is 32.7 Å². The molecule has 1 aliphatic heterocycles. The van der Waals surface area contributed by atoms with Gasteiger partial charge in [0.2, 0.25) is 11.7 Å². The monoisotopic (exact) mass is 343 g/mol. The Labute approximate surface area is 145 Å². The third-order valence-electron chi connectivity index (χ3n) is 4.54. The standard InChI is InChI=1S/C17H21N5O3/c1-4-13(18-16-15(22(24)25)11(2)19-20(16)3)17(23)21-10-9-12-7-5-6-8-14(12)21/h5-8,13,18H,4,9-10H2,1-3H3/t13-/m0/s1. The lowest BCUT2D eigenvalue weighted by Gasteiger charge is -2.24. The fourth-order valence-corrected chi connectivity index (χ4v) is 3.29. The fraction of sp³-hybridized carbons (Fsp3) is 0.412. The Balaban J connectivity index is 1.87. The summed E-state index contributed by atoms with van der Waals surface area (Å²) in [6, 6.07) is 7.27. The van der Waals surface area contributed by atoms with Crippen LogP contribution in [0.3, 0.4) is 0 Å². The Hall–Kier alpha value is -2.90. The Morgan fingerprint density at radius 2 is 2.16 bits per heavy atom. The number of hydrogen-bond donors (Lipinski definition) is 1. The summed E-state index contributed by atoms with van der Waals surface area (Å²) in [5.41, 5.74) is 2.30. The van der Waals surface area contributed by atoms with Crippen LogP contribution in [0.25, 0.3) is 0 Å². The van der Waals surface area contributed by atoms with E-state index in [0.717, 1.165) is 17.7 Å². The number of carbonyl (C=O) groups excluding carboxylic acids is 1. The minimum absolute atomic E-state index is 0.0828. The molecule has 0 spiro atoms. The number of hydrogen-bond acceptors (Lipinski definition) is 5. The van der Waals surface area contributed by atoms with E-state index in [9.17, 15) is 14.9 Å². The van der Waals surface area contributed by atoms with Gasteiger partial charge in [0.25, 0.3) is 0 Å². The number of rotatable bonds is 5. The van der Waals surface area contributed by atoms with E-state index in [4.69, 9.17) is 0 Å². The van der Waals surface area contributed by atoms with Crippen molar-refractivity contribution >= 4 is 23.1 Å². The molecular weight excluding hydrogens is 322 g/mol. The van der Waals surface area contributed by atoms with E-state index in [-0.39, 0.29) is 17.4 Å². The summed E-state index contributed by atoms with van der Waals surface area (Å²) in [5.74, 6) is 0.177. The second-order valence-electron chi connectivity index (χ2n) is 6.14. The Bertz CT molecular complexity index is 830. The lowest BCUT2D eigenvalue weighted by atomic mass is 10.1. The van der Waals surface area contributed by atoms with Crippen LogP contribution in [0.5, 0.6) is 0 Å². The Morgan fingerprint density at radius 3 is 2.84 bits per heavy atom. The Kier molecular flexibility index (Phi) is 4.43. The number of anilines is 2. The van der Waals surface area contributed by atoms with Crippen LogP contribution in [-0.4, -0.2) is 33.2 Å². The van der Waals surface area contributed by atoms with Crippen molar-refractivity contribution in [2.75, 3.05) is 16.8 Å². The number of nitrogens with one attached hydrogen (secondary N) is 1. The molecule has 8 nitrogen and oxygen atoms in total. The number of para-hydroxylation sites is 1. The molecule has 25 heavy (non-hydrogen) atoms. The minimum atomic E-state index is -0.556. The molecule has 0 saturated carbocycles. The molecule has 0 fully saturated rings. The van der Waals surface area contributed by atoms with Crippen molar-refractivity contribution in [1.82, 2.24) is 9.78 Å². The lowest BCUT2D eigenvalue weighted by Crippen LogP contribution is -2.42. The number of aryl methyl sites for hydroxylation is 2. The summed E-state index contributed by atoms with van der Waals surface area (Å²) < 4.78 is 1.42.